The van der Waals surface area contributed by atoms with Gasteiger partial charge in [0.15, 0.2) is 0 Å². The summed E-state index contributed by atoms with van der Waals surface area (Å²) in [5.41, 5.74) is 1.99. The number of hydrogen-bond acceptors (Lipinski definition) is 4. The average molecular weight is 386 g/mol. The van der Waals surface area contributed by atoms with Crippen LogP contribution in [-0.2, 0) is 16.0 Å². The van der Waals surface area contributed by atoms with Crippen LogP contribution in [0.5, 0.6) is 5.75 Å². The molecule has 1 aliphatic heterocycles. The second kappa shape index (κ2) is 8.77. The number of nitrogens with zero attached hydrogens (tertiary/aromatic N) is 1. The molecule has 0 unspecified atom stereocenters. The summed E-state index contributed by atoms with van der Waals surface area (Å²) in [7, 11) is 1.61. The summed E-state index contributed by atoms with van der Waals surface area (Å²) < 4.78 is 5.27. The van der Waals surface area contributed by atoms with Gasteiger partial charge in [-0.05, 0) is 43.0 Å². The first-order valence-corrected chi connectivity index (χ1v) is 9.56. The lowest BCUT2D eigenvalue weighted by molar-refractivity contribution is -0.127. The van der Waals surface area contributed by atoms with Crippen LogP contribution < -0.4 is 15.4 Å². The van der Waals surface area contributed by atoms with Gasteiger partial charge in [-0.15, -0.1) is 0 Å². The van der Waals surface area contributed by atoms with Crippen molar-refractivity contribution >= 4 is 28.7 Å². The fraction of sp³-hybridized carbons (Fsp3) is 0.450. The number of amides is 4. The lowest BCUT2D eigenvalue weighted by Gasteiger charge is -2.13. The highest BCUT2D eigenvalue weighted by Gasteiger charge is 2.37. The SMILES string of the molecule is CCCNC(=O)CC[C@@H]1NC(=O)N(CCc2c[nH]c3ccc(OC)cc23)C1=O. The van der Waals surface area contributed by atoms with Crippen LogP contribution in [0.3, 0.4) is 0 Å². The average Bonchev–Trinajstić information content (AvgIpc) is 3.22. The molecular weight excluding hydrogens is 360 g/mol. The Morgan fingerprint density at radius 3 is 2.89 bits per heavy atom. The molecule has 150 valence electrons. The Morgan fingerprint density at radius 2 is 2.14 bits per heavy atom. The van der Waals surface area contributed by atoms with E-state index in [2.05, 4.69) is 15.6 Å². The molecule has 0 spiro atoms. The Labute approximate surface area is 163 Å². The van der Waals surface area contributed by atoms with E-state index in [4.69, 9.17) is 4.74 Å². The number of methoxy groups -OCH3 is 1. The van der Waals surface area contributed by atoms with E-state index in [-0.39, 0.29) is 24.8 Å². The minimum atomic E-state index is -0.636. The number of fused-ring (bicyclic) bond motifs is 1. The molecular formula is C20H26N4O4. The number of aromatic nitrogens is 1. The van der Waals surface area contributed by atoms with E-state index in [1.165, 1.54) is 4.90 Å². The summed E-state index contributed by atoms with van der Waals surface area (Å²) in [6, 6.07) is 4.71. The van der Waals surface area contributed by atoms with Crippen LogP contribution in [0, 0.1) is 0 Å². The molecule has 3 rings (SSSR count). The number of aromatic amines is 1. The predicted octanol–water partition coefficient (Wildman–Crippen LogP) is 1.95. The van der Waals surface area contributed by atoms with Crippen LogP contribution in [-0.4, -0.2) is 54.0 Å². The van der Waals surface area contributed by atoms with Gasteiger partial charge in [-0.25, -0.2) is 4.79 Å². The molecule has 1 aliphatic rings. The van der Waals surface area contributed by atoms with E-state index < -0.39 is 12.1 Å². The molecule has 2 aromatic rings. The molecule has 8 heteroatoms. The number of rotatable bonds is 9. The zero-order valence-corrected chi connectivity index (χ0v) is 16.2. The number of H-pyrrole nitrogens is 1. The van der Waals surface area contributed by atoms with E-state index in [1.807, 2.05) is 31.3 Å². The van der Waals surface area contributed by atoms with Crippen molar-refractivity contribution in [1.29, 1.82) is 0 Å². The molecule has 0 aliphatic carbocycles. The molecule has 2 heterocycles. The Hall–Kier alpha value is -3.03. The molecule has 0 bridgehead atoms. The minimum absolute atomic E-state index is 0.102. The number of nitrogens with one attached hydrogen (secondary N) is 3. The normalized spacial score (nSPS) is 16.5. The van der Waals surface area contributed by atoms with Gasteiger partial charge in [0.05, 0.1) is 7.11 Å². The van der Waals surface area contributed by atoms with Gasteiger partial charge in [0.25, 0.3) is 5.91 Å². The maximum absolute atomic E-state index is 12.5. The number of benzene rings is 1. The second-order valence-electron chi connectivity index (χ2n) is 6.86. The number of imide groups is 1. The Kier molecular flexibility index (Phi) is 6.18. The monoisotopic (exact) mass is 386 g/mol. The Balaban J connectivity index is 1.58. The quantitative estimate of drug-likeness (QED) is 0.573. The zero-order chi connectivity index (χ0) is 20.1. The van der Waals surface area contributed by atoms with Gasteiger partial charge in [0.2, 0.25) is 5.91 Å². The van der Waals surface area contributed by atoms with E-state index >= 15 is 0 Å². The predicted molar refractivity (Wildman–Crippen MR) is 105 cm³/mol. The van der Waals surface area contributed by atoms with Crippen molar-refractivity contribution in [3.63, 3.8) is 0 Å². The maximum Gasteiger partial charge on any atom is 0.324 e. The highest BCUT2D eigenvalue weighted by Crippen LogP contribution is 2.24. The summed E-state index contributed by atoms with van der Waals surface area (Å²) in [4.78, 5) is 40.9. The number of ether oxygens (including phenoxy) is 1. The van der Waals surface area contributed by atoms with Crippen molar-refractivity contribution in [3.8, 4) is 5.75 Å². The molecule has 28 heavy (non-hydrogen) atoms. The molecule has 1 aromatic heterocycles. The van der Waals surface area contributed by atoms with Crippen LogP contribution in [0.25, 0.3) is 10.9 Å². The van der Waals surface area contributed by atoms with E-state index in [1.54, 1.807) is 7.11 Å². The lowest BCUT2D eigenvalue weighted by Crippen LogP contribution is -2.34. The molecule has 1 saturated heterocycles. The van der Waals surface area contributed by atoms with Crippen molar-refractivity contribution in [2.24, 2.45) is 0 Å². The summed E-state index contributed by atoms with van der Waals surface area (Å²) in [5.74, 6) is 0.380. The van der Waals surface area contributed by atoms with Crippen LogP contribution in [0.2, 0.25) is 0 Å². The number of carbonyl (C=O) groups is 3. The van der Waals surface area contributed by atoms with Crippen LogP contribution in [0.4, 0.5) is 4.79 Å². The fourth-order valence-electron chi connectivity index (χ4n) is 3.34. The molecule has 8 nitrogen and oxygen atoms in total. The molecule has 0 saturated carbocycles. The topological polar surface area (TPSA) is 104 Å². The Bertz CT molecular complexity index is 876. The third-order valence-corrected chi connectivity index (χ3v) is 4.92. The first kappa shape index (κ1) is 19.7. The van der Waals surface area contributed by atoms with Crippen molar-refractivity contribution in [1.82, 2.24) is 20.5 Å². The summed E-state index contributed by atoms with van der Waals surface area (Å²) in [6.45, 7) is 2.88. The highest BCUT2D eigenvalue weighted by molar-refractivity contribution is 6.04. The standard InChI is InChI=1S/C20H26N4O4/c1-3-9-21-18(25)7-6-17-19(26)24(20(27)23-17)10-8-13-12-22-16-5-4-14(28-2)11-15(13)16/h4-5,11-12,17,22H,3,6-10H2,1-2H3,(H,21,25)(H,23,27)/t17-/m0/s1. The lowest BCUT2D eigenvalue weighted by atomic mass is 10.1. The van der Waals surface area contributed by atoms with Gasteiger partial charge < -0.3 is 20.4 Å². The van der Waals surface area contributed by atoms with Crippen molar-refractivity contribution < 1.29 is 19.1 Å². The van der Waals surface area contributed by atoms with Crippen molar-refractivity contribution in [2.75, 3.05) is 20.2 Å². The van der Waals surface area contributed by atoms with Gasteiger partial charge in [0, 0.05) is 36.6 Å². The van der Waals surface area contributed by atoms with Crippen molar-refractivity contribution in [2.45, 2.75) is 38.6 Å². The summed E-state index contributed by atoms with van der Waals surface area (Å²) in [5, 5.41) is 6.46. The molecule has 1 aromatic carbocycles. The second-order valence-corrected chi connectivity index (χ2v) is 6.86. The zero-order valence-electron chi connectivity index (χ0n) is 16.2. The Morgan fingerprint density at radius 1 is 1.32 bits per heavy atom. The molecule has 0 radical (unpaired) electrons. The van der Waals surface area contributed by atoms with Gasteiger partial charge in [0.1, 0.15) is 11.8 Å². The van der Waals surface area contributed by atoms with Gasteiger partial charge in [-0.2, -0.15) is 0 Å². The number of hydrogen-bond donors (Lipinski definition) is 3. The van der Waals surface area contributed by atoms with E-state index in [9.17, 15) is 14.4 Å². The number of carbonyl (C=O) groups excluding carboxylic acids is 3. The van der Waals surface area contributed by atoms with Gasteiger partial charge >= 0.3 is 6.03 Å². The largest absolute Gasteiger partial charge is 0.497 e. The van der Waals surface area contributed by atoms with Crippen LogP contribution in [0.1, 0.15) is 31.7 Å². The molecule has 1 atom stereocenters. The molecule has 1 fully saturated rings. The summed E-state index contributed by atoms with van der Waals surface area (Å²) >= 11 is 0. The molecule has 4 amide bonds. The van der Waals surface area contributed by atoms with Gasteiger partial charge in [-0.3, -0.25) is 14.5 Å². The third-order valence-electron chi connectivity index (χ3n) is 4.92. The molecule has 3 N–H and O–H groups in total. The minimum Gasteiger partial charge on any atom is -0.497 e. The maximum atomic E-state index is 12.5. The first-order valence-electron chi connectivity index (χ1n) is 9.56. The smallest absolute Gasteiger partial charge is 0.324 e. The fourth-order valence-corrected chi connectivity index (χ4v) is 3.34. The third kappa shape index (κ3) is 4.27. The van der Waals surface area contributed by atoms with E-state index in [0.717, 1.165) is 28.6 Å². The summed E-state index contributed by atoms with van der Waals surface area (Å²) in [6.07, 6.45) is 3.81. The van der Waals surface area contributed by atoms with Gasteiger partial charge in [-0.1, -0.05) is 6.92 Å². The van der Waals surface area contributed by atoms with E-state index in [0.29, 0.717) is 19.4 Å². The number of urea groups is 1. The first-order chi connectivity index (χ1) is 13.5. The highest BCUT2D eigenvalue weighted by atomic mass is 16.5. The van der Waals surface area contributed by atoms with Crippen LogP contribution in [0.15, 0.2) is 24.4 Å². The van der Waals surface area contributed by atoms with Crippen LogP contribution >= 0.6 is 0 Å². The van der Waals surface area contributed by atoms with Crippen molar-refractivity contribution in [3.05, 3.63) is 30.0 Å².